The zero-order valence-corrected chi connectivity index (χ0v) is 20.4. The zero-order chi connectivity index (χ0) is 24.2. The number of aromatic nitrogens is 1. The molecule has 0 spiro atoms. The number of nitrogens with zero attached hydrogens (tertiary/aromatic N) is 2. The summed E-state index contributed by atoms with van der Waals surface area (Å²) < 4.78 is 9.81. The molecule has 0 radical (unpaired) electrons. The standard InChI is InChI=1S/C23H27N5O4S2/c1-13-9-10-16(32-13)19(22(30)26-14-6-3-2-4-7-14)28(12-15-8-5-11-33-15)23(31)20-17(24)18(21(25)29)27-34-20/h5,8-11,14,19H,2-4,6-7,12,24H2,1H3,(H2,25,29)(H,26,30)/t19-/m0/s1. The first kappa shape index (κ1) is 24.0. The van der Waals surface area contributed by atoms with Gasteiger partial charge in [-0.25, -0.2) is 0 Å². The van der Waals surface area contributed by atoms with Gasteiger partial charge >= 0.3 is 0 Å². The minimum atomic E-state index is -1.02. The summed E-state index contributed by atoms with van der Waals surface area (Å²) in [4.78, 5) is 41.5. The molecule has 1 aliphatic rings. The number of furan rings is 1. The number of nitrogens with one attached hydrogen (secondary N) is 1. The van der Waals surface area contributed by atoms with Gasteiger partial charge in [0.1, 0.15) is 16.4 Å². The van der Waals surface area contributed by atoms with E-state index in [0.29, 0.717) is 11.5 Å². The van der Waals surface area contributed by atoms with Crippen LogP contribution in [0.2, 0.25) is 0 Å². The van der Waals surface area contributed by atoms with E-state index in [-0.39, 0.29) is 34.8 Å². The normalized spacial score (nSPS) is 15.1. The molecule has 1 saturated carbocycles. The van der Waals surface area contributed by atoms with Gasteiger partial charge in [-0.15, -0.1) is 11.3 Å². The molecule has 3 amide bonds. The van der Waals surface area contributed by atoms with Crippen LogP contribution in [-0.4, -0.2) is 33.0 Å². The Kier molecular flexibility index (Phi) is 7.32. The maximum atomic E-state index is 13.8. The smallest absolute Gasteiger partial charge is 0.270 e. The lowest BCUT2D eigenvalue weighted by molar-refractivity contribution is -0.127. The molecule has 0 aromatic carbocycles. The van der Waals surface area contributed by atoms with Crippen LogP contribution in [0.5, 0.6) is 0 Å². The van der Waals surface area contributed by atoms with Gasteiger partial charge in [-0.3, -0.25) is 14.4 Å². The molecule has 9 nitrogen and oxygen atoms in total. The average molecular weight is 502 g/mol. The molecule has 180 valence electrons. The van der Waals surface area contributed by atoms with E-state index >= 15 is 0 Å². The van der Waals surface area contributed by atoms with Gasteiger partial charge in [0.25, 0.3) is 17.7 Å². The summed E-state index contributed by atoms with van der Waals surface area (Å²) in [6.45, 7) is 1.94. The molecule has 5 N–H and O–H groups in total. The SMILES string of the molecule is Cc1ccc([C@@H](C(=O)NC2CCCCC2)N(Cc2cccs2)C(=O)c2snc(C(N)=O)c2N)o1. The van der Waals surface area contributed by atoms with Crippen LogP contribution < -0.4 is 16.8 Å². The van der Waals surface area contributed by atoms with Gasteiger partial charge in [0, 0.05) is 10.9 Å². The highest BCUT2D eigenvalue weighted by Gasteiger charge is 2.37. The van der Waals surface area contributed by atoms with Gasteiger partial charge in [0.15, 0.2) is 11.7 Å². The summed E-state index contributed by atoms with van der Waals surface area (Å²) in [5, 5.41) is 5.03. The van der Waals surface area contributed by atoms with E-state index in [1.807, 2.05) is 17.5 Å². The Balaban J connectivity index is 1.73. The number of hydrogen-bond acceptors (Lipinski definition) is 8. The molecule has 1 fully saturated rings. The van der Waals surface area contributed by atoms with Gasteiger partial charge in [0.2, 0.25) is 0 Å². The summed E-state index contributed by atoms with van der Waals surface area (Å²) in [5.74, 6) is -0.666. The lowest BCUT2D eigenvalue weighted by Gasteiger charge is -2.31. The monoisotopic (exact) mass is 501 g/mol. The number of aryl methyl sites for hydroxylation is 1. The highest BCUT2D eigenvalue weighted by Crippen LogP contribution is 2.32. The Labute approximate surface area is 205 Å². The summed E-state index contributed by atoms with van der Waals surface area (Å²) in [7, 11) is 0. The Morgan fingerprint density at radius 2 is 2.00 bits per heavy atom. The van der Waals surface area contributed by atoms with E-state index in [0.717, 1.165) is 48.5 Å². The van der Waals surface area contributed by atoms with Crippen LogP contribution >= 0.6 is 22.9 Å². The first-order chi connectivity index (χ1) is 16.3. The van der Waals surface area contributed by atoms with Crippen molar-refractivity contribution >= 4 is 46.3 Å². The van der Waals surface area contributed by atoms with E-state index in [2.05, 4.69) is 9.69 Å². The van der Waals surface area contributed by atoms with Crippen molar-refractivity contribution in [1.29, 1.82) is 0 Å². The van der Waals surface area contributed by atoms with Gasteiger partial charge in [0.05, 0.1) is 12.2 Å². The van der Waals surface area contributed by atoms with E-state index < -0.39 is 17.9 Å². The Morgan fingerprint density at radius 3 is 2.59 bits per heavy atom. The fourth-order valence-corrected chi connectivity index (χ4v) is 5.63. The number of nitrogen functional groups attached to an aromatic ring is 1. The molecule has 0 unspecified atom stereocenters. The Bertz CT molecular complexity index is 1160. The van der Waals surface area contributed by atoms with Crippen molar-refractivity contribution in [1.82, 2.24) is 14.6 Å². The second-order valence-corrected chi connectivity index (χ2v) is 10.2. The molecule has 0 aliphatic heterocycles. The highest BCUT2D eigenvalue weighted by molar-refractivity contribution is 7.10. The fourth-order valence-electron chi connectivity index (χ4n) is 4.16. The number of nitrogens with two attached hydrogens (primary N) is 2. The summed E-state index contributed by atoms with van der Waals surface area (Å²) in [6, 6.07) is 6.26. The highest BCUT2D eigenvalue weighted by atomic mass is 32.1. The molecule has 3 heterocycles. The molecule has 3 aromatic heterocycles. The van der Waals surface area contributed by atoms with Crippen molar-refractivity contribution < 1.29 is 18.8 Å². The summed E-state index contributed by atoms with van der Waals surface area (Å²) in [5.41, 5.74) is 11.2. The van der Waals surface area contributed by atoms with Crippen molar-refractivity contribution in [2.75, 3.05) is 5.73 Å². The number of carbonyl (C=O) groups is 3. The molecule has 34 heavy (non-hydrogen) atoms. The topological polar surface area (TPSA) is 145 Å². The zero-order valence-electron chi connectivity index (χ0n) is 18.8. The van der Waals surface area contributed by atoms with E-state index in [1.165, 1.54) is 16.2 Å². The molecule has 4 rings (SSSR count). The number of hydrogen-bond donors (Lipinski definition) is 3. The summed E-state index contributed by atoms with van der Waals surface area (Å²) in [6.07, 6.45) is 5.07. The van der Waals surface area contributed by atoms with Crippen LogP contribution in [0, 0.1) is 6.92 Å². The second kappa shape index (κ2) is 10.4. The number of thiophene rings is 1. The molecule has 11 heteroatoms. The van der Waals surface area contributed by atoms with Crippen molar-refractivity contribution in [2.45, 2.75) is 57.7 Å². The number of rotatable bonds is 8. The Hall–Kier alpha value is -3.18. The van der Waals surface area contributed by atoms with E-state index in [9.17, 15) is 14.4 Å². The first-order valence-corrected chi connectivity index (χ1v) is 12.8. The predicted octanol–water partition coefficient (Wildman–Crippen LogP) is 3.62. The largest absolute Gasteiger partial charge is 0.464 e. The lowest BCUT2D eigenvalue weighted by atomic mass is 9.95. The predicted molar refractivity (Wildman–Crippen MR) is 130 cm³/mol. The van der Waals surface area contributed by atoms with E-state index in [4.69, 9.17) is 15.9 Å². The number of anilines is 1. The molecule has 1 aliphatic carbocycles. The minimum absolute atomic E-state index is 0.0495. The molecular formula is C23H27N5O4S2. The van der Waals surface area contributed by atoms with Gasteiger partial charge in [-0.1, -0.05) is 25.3 Å². The van der Waals surface area contributed by atoms with Crippen molar-refractivity contribution in [3.05, 3.63) is 56.6 Å². The lowest BCUT2D eigenvalue weighted by Crippen LogP contribution is -2.46. The van der Waals surface area contributed by atoms with Crippen LogP contribution in [0.4, 0.5) is 5.69 Å². The third-order valence-corrected chi connectivity index (χ3v) is 7.58. The average Bonchev–Trinajstić information content (AvgIpc) is 3.55. The number of primary amides is 1. The molecule has 0 bridgehead atoms. The second-order valence-electron chi connectivity index (χ2n) is 8.35. The molecule has 1 atom stereocenters. The number of amides is 3. The van der Waals surface area contributed by atoms with Crippen LogP contribution in [0.15, 0.2) is 34.1 Å². The minimum Gasteiger partial charge on any atom is -0.464 e. The molecule has 0 saturated heterocycles. The summed E-state index contributed by atoms with van der Waals surface area (Å²) >= 11 is 2.26. The first-order valence-electron chi connectivity index (χ1n) is 11.1. The van der Waals surface area contributed by atoms with Gasteiger partial charge in [-0.2, -0.15) is 4.37 Å². The van der Waals surface area contributed by atoms with E-state index in [1.54, 1.807) is 19.1 Å². The quantitative estimate of drug-likeness (QED) is 0.430. The van der Waals surface area contributed by atoms with Crippen molar-refractivity contribution in [2.24, 2.45) is 5.73 Å². The van der Waals surface area contributed by atoms with Gasteiger partial charge < -0.3 is 26.1 Å². The number of carbonyl (C=O) groups excluding carboxylic acids is 3. The Morgan fingerprint density at radius 1 is 1.24 bits per heavy atom. The van der Waals surface area contributed by atoms with Crippen LogP contribution in [0.3, 0.4) is 0 Å². The van der Waals surface area contributed by atoms with Crippen molar-refractivity contribution in [3.63, 3.8) is 0 Å². The maximum absolute atomic E-state index is 13.8. The third kappa shape index (κ3) is 5.15. The maximum Gasteiger partial charge on any atom is 0.270 e. The van der Waals surface area contributed by atoms with Gasteiger partial charge in [-0.05, 0) is 54.9 Å². The van der Waals surface area contributed by atoms with Crippen LogP contribution in [-0.2, 0) is 11.3 Å². The third-order valence-electron chi connectivity index (χ3n) is 5.86. The molecular weight excluding hydrogens is 474 g/mol. The fraction of sp³-hybridized carbons (Fsp3) is 0.391. The van der Waals surface area contributed by atoms with Crippen LogP contribution in [0.1, 0.15) is 74.7 Å². The molecule has 3 aromatic rings. The van der Waals surface area contributed by atoms with Crippen molar-refractivity contribution in [3.8, 4) is 0 Å². The van der Waals surface area contributed by atoms with Crippen LogP contribution in [0.25, 0.3) is 0 Å².